The molecule has 0 aromatic heterocycles. The van der Waals surface area contributed by atoms with Crippen molar-refractivity contribution in [2.24, 2.45) is 22.9 Å². The van der Waals surface area contributed by atoms with Gasteiger partial charge in [-0.1, -0.05) is 0 Å². The Hall–Kier alpha value is 0.359. The van der Waals surface area contributed by atoms with Crippen molar-refractivity contribution in [1.29, 1.82) is 0 Å². The molecule has 0 aliphatic heterocycles. The minimum absolute atomic E-state index is 0. The molecule has 1 radical (unpaired) electrons. The zero-order chi connectivity index (χ0) is 6.83. The summed E-state index contributed by atoms with van der Waals surface area (Å²) < 4.78 is 0. The summed E-state index contributed by atoms with van der Waals surface area (Å²) in [6.45, 7) is 2.39. The Morgan fingerprint density at radius 1 is 0.556 bits per heavy atom. The molecule has 0 unspecified atom stereocenters. The van der Waals surface area contributed by atoms with Crippen molar-refractivity contribution in [2.75, 3.05) is 26.2 Å². The summed E-state index contributed by atoms with van der Waals surface area (Å²) in [7, 11) is 0. The Kier molecular flexibility index (Phi) is 42.8. The Bertz CT molecular complexity index is 20.5. The first kappa shape index (κ1) is 16.2. The van der Waals surface area contributed by atoms with Crippen LogP contribution in [0.25, 0.3) is 0 Å². The monoisotopic (exact) mass is 183 g/mol. The smallest absolute Gasteiger partial charge is 0.329 e. The molecule has 0 saturated carbocycles. The molecular formula is C4H16CuN4+2. The van der Waals surface area contributed by atoms with Crippen molar-refractivity contribution in [3.05, 3.63) is 0 Å². The van der Waals surface area contributed by atoms with Crippen LogP contribution in [0.5, 0.6) is 0 Å². The summed E-state index contributed by atoms with van der Waals surface area (Å²) in [5, 5.41) is 0. The number of nitrogens with two attached hydrogens (primary N) is 4. The molecule has 0 aromatic carbocycles. The van der Waals surface area contributed by atoms with E-state index in [-0.39, 0.29) is 17.1 Å². The van der Waals surface area contributed by atoms with Crippen LogP contribution in [0.4, 0.5) is 0 Å². The Balaban J connectivity index is -0.0000000720. The summed E-state index contributed by atoms with van der Waals surface area (Å²) in [6.07, 6.45) is 0. The van der Waals surface area contributed by atoms with Gasteiger partial charge in [0.1, 0.15) is 0 Å². The SMILES string of the molecule is NCCN.NCCN.[Cu+2]. The van der Waals surface area contributed by atoms with E-state index >= 15 is 0 Å². The first-order valence-electron chi connectivity index (χ1n) is 2.63. The van der Waals surface area contributed by atoms with Crippen LogP contribution in [-0.4, -0.2) is 26.2 Å². The number of rotatable bonds is 2. The van der Waals surface area contributed by atoms with Crippen LogP contribution in [0.2, 0.25) is 0 Å². The van der Waals surface area contributed by atoms with Crippen molar-refractivity contribution < 1.29 is 17.1 Å². The van der Waals surface area contributed by atoms with Crippen molar-refractivity contribution in [3.63, 3.8) is 0 Å². The van der Waals surface area contributed by atoms with Crippen molar-refractivity contribution in [1.82, 2.24) is 0 Å². The molecule has 0 heterocycles. The fourth-order valence-corrected chi connectivity index (χ4v) is 0. The maximum Gasteiger partial charge on any atom is 2.00 e. The summed E-state index contributed by atoms with van der Waals surface area (Å²) >= 11 is 0. The standard InChI is InChI=1S/2C2H8N2.Cu/c2*3-1-2-4;/h2*1-4H2;/q;;+2. The van der Waals surface area contributed by atoms with Crippen LogP contribution >= 0.6 is 0 Å². The van der Waals surface area contributed by atoms with Gasteiger partial charge in [0, 0.05) is 26.2 Å². The van der Waals surface area contributed by atoms with Crippen molar-refractivity contribution in [3.8, 4) is 0 Å². The molecule has 5 heteroatoms. The van der Waals surface area contributed by atoms with E-state index in [1.165, 1.54) is 0 Å². The second-order valence-electron chi connectivity index (χ2n) is 1.15. The van der Waals surface area contributed by atoms with Gasteiger partial charge in [-0.15, -0.1) is 0 Å². The van der Waals surface area contributed by atoms with Gasteiger partial charge in [-0.05, 0) is 0 Å². The van der Waals surface area contributed by atoms with Crippen molar-refractivity contribution >= 4 is 0 Å². The van der Waals surface area contributed by atoms with Gasteiger partial charge >= 0.3 is 17.1 Å². The predicted octanol–water partition coefficient (Wildman–Crippen LogP) is -2.19. The van der Waals surface area contributed by atoms with E-state index in [0.717, 1.165) is 0 Å². The zero-order valence-electron chi connectivity index (χ0n) is 5.44. The molecule has 0 bridgehead atoms. The Labute approximate surface area is 66.8 Å². The van der Waals surface area contributed by atoms with E-state index in [9.17, 15) is 0 Å². The van der Waals surface area contributed by atoms with Crippen LogP contribution in [-0.2, 0) is 17.1 Å². The van der Waals surface area contributed by atoms with Crippen LogP contribution in [0.3, 0.4) is 0 Å². The fraction of sp³-hybridized carbons (Fsp3) is 1.00. The van der Waals surface area contributed by atoms with E-state index in [1.54, 1.807) is 0 Å². The largest absolute Gasteiger partial charge is 2.00 e. The third-order valence-corrected chi connectivity index (χ3v) is 0.333. The van der Waals surface area contributed by atoms with Crippen molar-refractivity contribution in [2.45, 2.75) is 0 Å². The van der Waals surface area contributed by atoms with E-state index < -0.39 is 0 Å². The summed E-state index contributed by atoms with van der Waals surface area (Å²) in [5.74, 6) is 0. The number of hydrogen-bond donors (Lipinski definition) is 4. The normalized spacial score (nSPS) is 6.67. The average Bonchev–Trinajstić information content (AvgIpc) is 1.88. The van der Waals surface area contributed by atoms with E-state index in [4.69, 9.17) is 22.9 Å². The molecule has 0 fully saturated rings. The maximum atomic E-state index is 4.90. The Morgan fingerprint density at radius 3 is 0.667 bits per heavy atom. The van der Waals surface area contributed by atoms with Gasteiger partial charge in [0.15, 0.2) is 0 Å². The fourth-order valence-electron chi connectivity index (χ4n) is 0. The molecule has 0 rings (SSSR count). The second kappa shape index (κ2) is 23.8. The molecule has 4 nitrogen and oxygen atoms in total. The second-order valence-corrected chi connectivity index (χ2v) is 1.15. The molecule has 0 saturated heterocycles. The predicted molar refractivity (Wildman–Crippen MR) is 36.2 cm³/mol. The van der Waals surface area contributed by atoms with Gasteiger partial charge in [0.25, 0.3) is 0 Å². The van der Waals surface area contributed by atoms with E-state index in [1.807, 2.05) is 0 Å². The molecule has 0 amide bonds. The van der Waals surface area contributed by atoms with Gasteiger partial charge in [-0.3, -0.25) is 0 Å². The minimum Gasteiger partial charge on any atom is -0.329 e. The summed E-state index contributed by atoms with van der Waals surface area (Å²) in [5.41, 5.74) is 19.6. The molecule has 0 spiro atoms. The van der Waals surface area contributed by atoms with Gasteiger partial charge in [0.2, 0.25) is 0 Å². The maximum absolute atomic E-state index is 4.90. The first-order chi connectivity index (χ1) is 3.83. The van der Waals surface area contributed by atoms with E-state index in [0.29, 0.717) is 26.2 Å². The third-order valence-electron chi connectivity index (χ3n) is 0.333. The van der Waals surface area contributed by atoms with E-state index in [2.05, 4.69) is 0 Å². The molecule has 0 aromatic rings. The molecule has 0 aliphatic carbocycles. The topological polar surface area (TPSA) is 104 Å². The van der Waals surface area contributed by atoms with Gasteiger partial charge in [0.05, 0.1) is 0 Å². The molecule has 8 N–H and O–H groups in total. The van der Waals surface area contributed by atoms with Gasteiger partial charge in [-0.25, -0.2) is 0 Å². The van der Waals surface area contributed by atoms with Crippen LogP contribution in [0, 0.1) is 0 Å². The van der Waals surface area contributed by atoms with Gasteiger partial charge < -0.3 is 22.9 Å². The van der Waals surface area contributed by atoms with Crippen LogP contribution < -0.4 is 22.9 Å². The molecule has 61 valence electrons. The third kappa shape index (κ3) is 60.7. The first-order valence-corrected chi connectivity index (χ1v) is 2.63. The van der Waals surface area contributed by atoms with Gasteiger partial charge in [-0.2, -0.15) is 0 Å². The quantitative estimate of drug-likeness (QED) is 0.365. The Morgan fingerprint density at radius 2 is 0.667 bits per heavy atom. The van der Waals surface area contributed by atoms with Crippen LogP contribution in [0.15, 0.2) is 0 Å². The average molecular weight is 184 g/mol. The summed E-state index contributed by atoms with van der Waals surface area (Å²) in [4.78, 5) is 0. The number of hydrogen-bond acceptors (Lipinski definition) is 4. The molecule has 0 aliphatic rings. The van der Waals surface area contributed by atoms with Crippen LogP contribution in [0.1, 0.15) is 0 Å². The molecular weight excluding hydrogens is 168 g/mol. The minimum atomic E-state index is 0. The molecule has 9 heavy (non-hydrogen) atoms. The summed E-state index contributed by atoms with van der Waals surface area (Å²) in [6, 6.07) is 0. The zero-order valence-corrected chi connectivity index (χ0v) is 6.38. The molecule has 0 atom stereocenters.